The summed E-state index contributed by atoms with van der Waals surface area (Å²) in [6.45, 7) is 2.04. The van der Waals surface area contributed by atoms with Crippen molar-refractivity contribution < 1.29 is 0 Å². The van der Waals surface area contributed by atoms with E-state index in [1.807, 2.05) is 43.3 Å². The Labute approximate surface area is 114 Å². The maximum atomic E-state index is 11.2. The van der Waals surface area contributed by atoms with Gasteiger partial charge in [0.2, 0.25) is 0 Å². The first-order chi connectivity index (χ1) is 9.78. The third kappa shape index (κ3) is 1.39. The van der Waals surface area contributed by atoms with Crippen molar-refractivity contribution in [2.24, 2.45) is 5.18 Å². The molecule has 1 aliphatic heterocycles. The Balaban J connectivity index is 2.26. The van der Waals surface area contributed by atoms with Gasteiger partial charge in [-0.25, -0.2) is 4.98 Å². The van der Waals surface area contributed by atoms with Crippen LogP contribution in [0.2, 0.25) is 0 Å². The number of H-pyrrole nitrogens is 1. The van der Waals surface area contributed by atoms with Crippen molar-refractivity contribution in [2.75, 3.05) is 0 Å². The van der Waals surface area contributed by atoms with Crippen molar-refractivity contribution in [3.63, 3.8) is 0 Å². The molecule has 4 nitrogen and oxygen atoms in total. The van der Waals surface area contributed by atoms with Crippen LogP contribution in [-0.4, -0.2) is 9.97 Å². The second kappa shape index (κ2) is 3.87. The largest absolute Gasteiger partial charge is 0.351 e. The van der Waals surface area contributed by atoms with E-state index in [1.54, 1.807) is 0 Å². The number of hydrogen-bond acceptors (Lipinski definition) is 3. The molecule has 0 unspecified atom stereocenters. The molecule has 0 bridgehead atoms. The molecule has 0 radical (unpaired) electrons. The molecule has 4 heteroatoms. The number of nitroso groups, excluding NO2 is 1. The van der Waals surface area contributed by atoms with E-state index in [0.717, 1.165) is 27.5 Å². The van der Waals surface area contributed by atoms with Crippen LogP contribution in [-0.2, 0) is 0 Å². The Morgan fingerprint density at radius 1 is 1.10 bits per heavy atom. The number of hydrogen-bond donors (Lipinski definition) is 1. The van der Waals surface area contributed by atoms with Crippen molar-refractivity contribution in [1.29, 1.82) is 0 Å². The first kappa shape index (κ1) is 11.1. The zero-order valence-corrected chi connectivity index (χ0v) is 10.8. The normalized spacial score (nSPS) is 11.4. The number of aromatic nitrogens is 2. The molecular formula is C16H11N3O. The average molecular weight is 261 g/mol. The third-order valence-corrected chi connectivity index (χ3v) is 3.65. The van der Waals surface area contributed by atoms with Crippen LogP contribution in [0, 0.1) is 11.8 Å². The van der Waals surface area contributed by atoms with Crippen LogP contribution in [0.15, 0.2) is 47.6 Å². The fourth-order valence-electron chi connectivity index (χ4n) is 2.71. The van der Waals surface area contributed by atoms with Gasteiger partial charge in [0.05, 0.1) is 16.7 Å². The predicted octanol–water partition coefficient (Wildman–Crippen LogP) is 4.53. The second-order valence-electron chi connectivity index (χ2n) is 4.97. The van der Waals surface area contributed by atoms with Crippen LogP contribution in [0.3, 0.4) is 0 Å². The zero-order valence-electron chi connectivity index (χ0n) is 10.8. The van der Waals surface area contributed by atoms with E-state index in [0.29, 0.717) is 11.4 Å². The number of nitrogens with one attached hydrogen (secondary N) is 1. The van der Waals surface area contributed by atoms with Crippen molar-refractivity contribution in [3.8, 4) is 11.4 Å². The van der Waals surface area contributed by atoms with Crippen molar-refractivity contribution in [2.45, 2.75) is 6.92 Å². The molecule has 2 aromatic rings. The lowest BCUT2D eigenvalue weighted by Crippen LogP contribution is -1.90. The lowest BCUT2D eigenvalue weighted by Gasteiger charge is -2.05. The lowest BCUT2D eigenvalue weighted by atomic mass is 10.2. The Bertz CT molecular complexity index is 939. The first-order valence-corrected chi connectivity index (χ1v) is 6.42. The summed E-state index contributed by atoms with van der Waals surface area (Å²) in [6, 6.07) is 13.7. The fraction of sp³-hybridized carbons (Fsp3) is 0.0625. The molecule has 1 aliphatic carbocycles. The molecular weight excluding hydrogens is 250 g/mol. The fourth-order valence-corrected chi connectivity index (χ4v) is 2.71. The van der Waals surface area contributed by atoms with E-state index in [2.05, 4.69) is 21.2 Å². The van der Waals surface area contributed by atoms with Crippen LogP contribution in [0.5, 0.6) is 0 Å². The quantitative estimate of drug-likeness (QED) is 0.512. The van der Waals surface area contributed by atoms with Gasteiger partial charge in [-0.15, -0.1) is 4.91 Å². The molecule has 2 aliphatic rings. The van der Waals surface area contributed by atoms with Gasteiger partial charge < -0.3 is 4.98 Å². The summed E-state index contributed by atoms with van der Waals surface area (Å²) in [6.07, 6.45) is 0. The van der Waals surface area contributed by atoms with Crippen LogP contribution in [0.1, 0.15) is 5.56 Å². The summed E-state index contributed by atoms with van der Waals surface area (Å²) in [7, 11) is 0. The summed E-state index contributed by atoms with van der Waals surface area (Å²) in [4.78, 5) is 19.2. The molecule has 1 N–H and O–H groups in total. The van der Waals surface area contributed by atoms with E-state index >= 15 is 0 Å². The molecule has 0 spiro atoms. The molecule has 0 amide bonds. The Kier molecular flexibility index (Phi) is 2.15. The maximum Gasteiger partial charge on any atom is 0.143 e. The summed E-state index contributed by atoms with van der Waals surface area (Å²) >= 11 is 0. The maximum absolute atomic E-state index is 11.2. The van der Waals surface area contributed by atoms with Gasteiger partial charge in [0.25, 0.3) is 0 Å². The van der Waals surface area contributed by atoms with Gasteiger partial charge in [-0.1, -0.05) is 30.3 Å². The van der Waals surface area contributed by atoms with Crippen LogP contribution in [0.4, 0.5) is 5.69 Å². The van der Waals surface area contributed by atoms with Crippen LogP contribution in [0.25, 0.3) is 33.2 Å². The number of benzene rings is 2. The number of nitrogens with zero attached hydrogens (tertiary/aromatic N) is 2. The minimum absolute atomic E-state index is 0.411. The van der Waals surface area contributed by atoms with Gasteiger partial charge in [0.1, 0.15) is 11.4 Å². The minimum Gasteiger partial charge on any atom is -0.351 e. The van der Waals surface area contributed by atoms with Gasteiger partial charge in [-0.3, -0.25) is 0 Å². The molecule has 0 saturated heterocycles. The highest BCUT2D eigenvalue weighted by molar-refractivity contribution is 6.11. The Morgan fingerprint density at radius 3 is 2.70 bits per heavy atom. The molecule has 4 rings (SSSR count). The molecule has 20 heavy (non-hydrogen) atoms. The molecule has 0 atom stereocenters. The molecule has 0 fully saturated rings. The van der Waals surface area contributed by atoms with E-state index in [1.165, 1.54) is 5.56 Å². The van der Waals surface area contributed by atoms with Crippen molar-refractivity contribution in [1.82, 2.24) is 9.97 Å². The molecule has 0 saturated carbocycles. The van der Waals surface area contributed by atoms with E-state index in [-0.39, 0.29) is 0 Å². The number of fused-ring (bicyclic) bond motifs is 4. The van der Waals surface area contributed by atoms with Gasteiger partial charge in [-0.2, -0.15) is 0 Å². The monoisotopic (exact) mass is 261 g/mol. The third-order valence-electron chi connectivity index (χ3n) is 3.65. The molecule has 0 aromatic heterocycles. The van der Waals surface area contributed by atoms with E-state index in [4.69, 9.17) is 0 Å². The Morgan fingerprint density at radius 2 is 1.90 bits per heavy atom. The number of rotatable bonds is 1. The first-order valence-electron chi connectivity index (χ1n) is 6.42. The van der Waals surface area contributed by atoms with E-state index in [9.17, 15) is 4.91 Å². The predicted molar refractivity (Wildman–Crippen MR) is 80.4 cm³/mol. The average Bonchev–Trinajstić information content (AvgIpc) is 2.78. The highest BCUT2D eigenvalue weighted by Gasteiger charge is 2.20. The summed E-state index contributed by atoms with van der Waals surface area (Å²) < 4.78 is 0. The van der Waals surface area contributed by atoms with Gasteiger partial charge in [0.15, 0.2) is 0 Å². The molecule has 96 valence electrons. The van der Waals surface area contributed by atoms with Crippen LogP contribution < -0.4 is 0 Å². The van der Waals surface area contributed by atoms with E-state index < -0.39 is 0 Å². The summed E-state index contributed by atoms with van der Waals surface area (Å²) in [5.74, 6) is 0. The second-order valence-corrected chi connectivity index (χ2v) is 4.97. The zero-order chi connectivity index (χ0) is 13.7. The topological polar surface area (TPSA) is 58.1 Å². The van der Waals surface area contributed by atoms with Gasteiger partial charge in [-0.05, 0) is 29.8 Å². The Hall–Kier alpha value is -2.75. The van der Waals surface area contributed by atoms with Gasteiger partial charge >= 0.3 is 0 Å². The minimum atomic E-state index is 0.411. The summed E-state index contributed by atoms with van der Waals surface area (Å²) in [5, 5.41) is 5.00. The van der Waals surface area contributed by atoms with Crippen molar-refractivity contribution >= 4 is 27.5 Å². The highest BCUT2D eigenvalue weighted by Crippen LogP contribution is 2.42. The number of aryl methyl sites for hydroxylation is 1. The lowest BCUT2D eigenvalue weighted by molar-refractivity contribution is 1.29. The number of aromatic amines is 1. The smallest absolute Gasteiger partial charge is 0.143 e. The van der Waals surface area contributed by atoms with Crippen molar-refractivity contribution in [3.05, 3.63) is 52.9 Å². The molecule has 1 heterocycles. The van der Waals surface area contributed by atoms with Crippen LogP contribution >= 0.6 is 0 Å². The molecule has 2 aromatic carbocycles. The summed E-state index contributed by atoms with van der Waals surface area (Å²) in [5.41, 5.74) is 4.88. The SMILES string of the molecule is Cc1ccc2nc3c(N=O)c4ccccc4c-3[nH]c2c1. The van der Waals surface area contributed by atoms with Gasteiger partial charge in [0, 0.05) is 10.8 Å². The highest BCUT2D eigenvalue weighted by atomic mass is 16.3. The standard InChI is InChI=1S/C16H11N3O/c1-9-6-7-12-13(8-9)18-14-10-4-2-3-5-11(10)15(19-20)16(14)17-12/h2-8,18H,1H3.